The number of rotatable bonds is 4. The second-order valence-corrected chi connectivity index (χ2v) is 8.26. The molecule has 32 heavy (non-hydrogen) atoms. The van der Waals surface area contributed by atoms with Gasteiger partial charge in [0.25, 0.3) is 5.91 Å². The van der Waals surface area contributed by atoms with Crippen LogP contribution < -0.4 is 9.47 Å². The average Bonchev–Trinajstić information content (AvgIpc) is 2.84. The van der Waals surface area contributed by atoms with Crippen LogP contribution in [0.15, 0.2) is 72.8 Å². The lowest BCUT2D eigenvalue weighted by atomic mass is 9.61. The Kier molecular flexibility index (Phi) is 5.67. The lowest BCUT2D eigenvalue weighted by Gasteiger charge is -2.36. The highest BCUT2D eigenvalue weighted by Gasteiger charge is 2.36. The number of carbonyl (C=O) groups is 1. The van der Waals surface area contributed by atoms with Crippen LogP contribution in [0.25, 0.3) is 11.1 Å². The van der Waals surface area contributed by atoms with E-state index in [2.05, 4.69) is 4.74 Å². The molecule has 0 atom stereocenters. The summed E-state index contributed by atoms with van der Waals surface area (Å²) in [6, 6.07) is 20.5. The van der Waals surface area contributed by atoms with Gasteiger partial charge >= 0.3 is 6.36 Å². The number of carbonyl (C=O) groups excluding carboxylic acids is 1. The van der Waals surface area contributed by atoms with Crippen molar-refractivity contribution in [1.82, 2.24) is 4.90 Å². The van der Waals surface area contributed by atoms with Crippen LogP contribution in [-0.2, 0) is 6.54 Å². The standard InChI is InChI=1S/C23H20B2F3NO3/c24-22(25)14-31-20-11-8-17(16-6-9-18(10-7-16)32-23(26,27)28)12-19(20)21(30)29(22)13-15-4-2-1-3-5-15/h1-12H,13-14,24-25H2. The number of amides is 1. The fourth-order valence-electron chi connectivity index (χ4n) is 3.66. The van der Waals surface area contributed by atoms with Crippen LogP contribution in [0, 0.1) is 0 Å². The number of hydrogen-bond acceptors (Lipinski definition) is 3. The van der Waals surface area contributed by atoms with E-state index >= 15 is 0 Å². The third-order valence-electron chi connectivity index (χ3n) is 5.37. The monoisotopic (exact) mass is 437 g/mol. The average molecular weight is 437 g/mol. The van der Waals surface area contributed by atoms with E-state index < -0.39 is 11.7 Å². The third kappa shape index (κ3) is 4.77. The minimum atomic E-state index is -4.75. The van der Waals surface area contributed by atoms with E-state index in [0.29, 0.717) is 35.6 Å². The second kappa shape index (κ2) is 8.30. The molecule has 3 aromatic rings. The van der Waals surface area contributed by atoms with Gasteiger partial charge in [-0.3, -0.25) is 4.79 Å². The highest BCUT2D eigenvalue weighted by Crippen LogP contribution is 2.33. The molecule has 4 rings (SSSR count). The van der Waals surface area contributed by atoms with Crippen molar-refractivity contribution in [2.24, 2.45) is 0 Å². The molecule has 0 N–H and O–H groups in total. The molecule has 1 aliphatic heterocycles. The summed E-state index contributed by atoms with van der Waals surface area (Å²) in [5.74, 6) is 0.0239. The molecule has 0 spiro atoms. The van der Waals surface area contributed by atoms with E-state index in [1.54, 1.807) is 23.1 Å². The molecule has 0 saturated heterocycles. The molecule has 1 heterocycles. The zero-order chi connectivity index (χ0) is 22.9. The summed E-state index contributed by atoms with van der Waals surface area (Å²) in [7, 11) is 3.92. The molecule has 0 bridgehead atoms. The maximum atomic E-state index is 13.6. The molecular weight excluding hydrogens is 417 g/mol. The fraction of sp³-hybridized carbons (Fsp3) is 0.174. The van der Waals surface area contributed by atoms with Gasteiger partial charge in [-0.15, -0.1) is 13.2 Å². The van der Waals surface area contributed by atoms with E-state index in [4.69, 9.17) is 4.74 Å². The number of nitrogens with zero attached hydrogens (tertiary/aromatic N) is 1. The minimum Gasteiger partial charge on any atom is -0.492 e. The Balaban J connectivity index is 1.65. The Morgan fingerprint density at radius 3 is 2.28 bits per heavy atom. The smallest absolute Gasteiger partial charge is 0.492 e. The van der Waals surface area contributed by atoms with Crippen molar-refractivity contribution in [2.75, 3.05) is 6.61 Å². The minimum absolute atomic E-state index is 0.162. The predicted octanol–water partition coefficient (Wildman–Crippen LogP) is 3.21. The normalized spacial score (nSPS) is 15.5. The first kappa shape index (κ1) is 21.9. The number of ether oxygens (including phenoxy) is 2. The lowest BCUT2D eigenvalue weighted by molar-refractivity contribution is -0.274. The summed E-state index contributed by atoms with van der Waals surface area (Å²) in [5, 5.41) is -0.539. The summed E-state index contributed by atoms with van der Waals surface area (Å²) in [6.45, 7) is 0.768. The van der Waals surface area contributed by atoms with Crippen LogP contribution in [0.3, 0.4) is 0 Å². The molecule has 3 aromatic carbocycles. The lowest BCUT2D eigenvalue weighted by Crippen LogP contribution is -2.55. The summed E-state index contributed by atoms with van der Waals surface area (Å²) in [6.07, 6.45) is -4.75. The maximum Gasteiger partial charge on any atom is 0.573 e. The quantitative estimate of drug-likeness (QED) is 0.589. The van der Waals surface area contributed by atoms with Crippen LogP contribution in [0.1, 0.15) is 15.9 Å². The van der Waals surface area contributed by atoms with E-state index in [0.717, 1.165) is 5.56 Å². The molecular formula is C23H20B2F3NO3. The first-order chi connectivity index (χ1) is 15.1. The maximum absolute atomic E-state index is 13.6. The molecule has 0 radical (unpaired) electrons. The summed E-state index contributed by atoms with van der Waals surface area (Å²) >= 11 is 0. The summed E-state index contributed by atoms with van der Waals surface area (Å²) in [4.78, 5) is 15.3. The van der Waals surface area contributed by atoms with Gasteiger partial charge in [-0.05, 0) is 41.0 Å². The highest BCUT2D eigenvalue weighted by atomic mass is 19.4. The molecule has 1 aliphatic rings. The first-order valence-corrected chi connectivity index (χ1v) is 10.1. The van der Waals surface area contributed by atoms with Crippen molar-refractivity contribution in [3.8, 4) is 22.6 Å². The van der Waals surface area contributed by atoms with Gasteiger partial charge in [0, 0.05) is 11.9 Å². The zero-order valence-electron chi connectivity index (χ0n) is 17.6. The van der Waals surface area contributed by atoms with Gasteiger partial charge in [0.2, 0.25) is 0 Å². The Bertz CT molecular complexity index is 1120. The van der Waals surface area contributed by atoms with Crippen LogP contribution in [0.4, 0.5) is 13.2 Å². The van der Waals surface area contributed by atoms with Gasteiger partial charge in [0.05, 0.1) is 12.2 Å². The van der Waals surface area contributed by atoms with Gasteiger partial charge in [-0.1, -0.05) is 48.5 Å². The van der Waals surface area contributed by atoms with Gasteiger partial charge in [-0.25, -0.2) is 0 Å². The van der Waals surface area contributed by atoms with Crippen molar-refractivity contribution in [1.29, 1.82) is 0 Å². The molecule has 162 valence electrons. The number of fused-ring (bicyclic) bond motifs is 1. The van der Waals surface area contributed by atoms with Gasteiger partial charge in [0.1, 0.15) is 27.2 Å². The van der Waals surface area contributed by atoms with Crippen molar-refractivity contribution in [3.63, 3.8) is 0 Å². The highest BCUT2D eigenvalue weighted by molar-refractivity contribution is 6.41. The molecule has 4 nitrogen and oxygen atoms in total. The molecule has 0 unspecified atom stereocenters. The van der Waals surface area contributed by atoms with Gasteiger partial charge < -0.3 is 14.4 Å². The third-order valence-corrected chi connectivity index (χ3v) is 5.37. The molecule has 0 saturated carbocycles. The van der Waals surface area contributed by atoms with Crippen molar-refractivity contribution in [3.05, 3.63) is 83.9 Å². The number of hydrogen-bond donors (Lipinski definition) is 0. The summed E-state index contributed by atoms with van der Waals surface area (Å²) < 4.78 is 47.1. The van der Waals surface area contributed by atoms with Gasteiger partial charge in [-0.2, -0.15) is 0 Å². The molecule has 9 heteroatoms. The first-order valence-electron chi connectivity index (χ1n) is 10.1. The van der Waals surface area contributed by atoms with Crippen LogP contribution in [0.2, 0.25) is 0 Å². The molecule has 0 aliphatic carbocycles. The Morgan fingerprint density at radius 2 is 1.62 bits per heavy atom. The predicted molar refractivity (Wildman–Crippen MR) is 120 cm³/mol. The van der Waals surface area contributed by atoms with E-state index in [9.17, 15) is 18.0 Å². The Labute approximate surface area is 185 Å². The van der Waals surface area contributed by atoms with Gasteiger partial charge in [0.15, 0.2) is 0 Å². The second-order valence-electron chi connectivity index (χ2n) is 8.26. The molecule has 1 amide bonds. The van der Waals surface area contributed by atoms with E-state index in [1.807, 2.05) is 46.0 Å². The Hall–Kier alpha value is -3.35. The van der Waals surface area contributed by atoms with Crippen LogP contribution in [0.5, 0.6) is 11.5 Å². The number of halogens is 3. The van der Waals surface area contributed by atoms with E-state index in [1.165, 1.54) is 24.3 Å². The SMILES string of the molecule is BC1(B)COc2ccc(-c3ccc(OC(F)(F)F)cc3)cc2C(=O)N1Cc1ccccc1. The van der Waals surface area contributed by atoms with Crippen molar-refractivity contribution >= 4 is 21.6 Å². The summed E-state index contributed by atoms with van der Waals surface area (Å²) in [5.41, 5.74) is 2.78. The topological polar surface area (TPSA) is 38.8 Å². The van der Waals surface area contributed by atoms with Crippen molar-refractivity contribution in [2.45, 2.75) is 18.2 Å². The van der Waals surface area contributed by atoms with Crippen LogP contribution >= 0.6 is 0 Å². The number of benzene rings is 3. The number of alkyl halides is 3. The van der Waals surface area contributed by atoms with Crippen molar-refractivity contribution < 1.29 is 27.4 Å². The van der Waals surface area contributed by atoms with E-state index in [-0.39, 0.29) is 11.7 Å². The van der Waals surface area contributed by atoms with Crippen LogP contribution in [-0.4, -0.2) is 44.8 Å². The fourth-order valence-corrected chi connectivity index (χ4v) is 3.66. The molecule has 0 aromatic heterocycles. The zero-order valence-corrected chi connectivity index (χ0v) is 17.6. The molecule has 0 fully saturated rings. The largest absolute Gasteiger partial charge is 0.573 e. The Morgan fingerprint density at radius 1 is 0.969 bits per heavy atom.